The van der Waals surface area contributed by atoms with Crippen molar-refractivity contribution in [3.8, 4) is 5.75 Å². The van der Waals surface area contributed by atoms with Crippen LogP contribution in [0.1, 0.15) is 22.9 Å². The Morgan fingerprint density at radius 3 is 2.50 bits per heavy atom. The quantitative estimate of drug-likeness (QED) is 0.564. The zero-order valence-corrected chi connectivity index (χ0v) is 18.5. The van der Waals surface area contributed by atoms with E-state index in [0.717, 1.165) is 11.3 Å². The highest BCUT2D eigenvalue weighted by Gasteiger charge is 2.17. The second-order valence-corrected chi connectivity index (χ2v) is 7.70. The van der Waals surface area contributed by atoms with Gasteiger partial charge in [0.2, 0.25) is 0 Å². The molecule has 0 fully saturated rings. The highest BCUT2D eigenvalue weighted by molar-refractivity contribution is 5.89. The second-order valence-electron chi connectivity index (χ2n) is 7.70. The zero-order valence-electron chi connectivity index (χ0n) is 18.5. The Morgan fingerprint density at radius 1 is 1.03 bits per heavy atom. The molecule has 0 aliphatic carbocycles. The van der Waals surface area contributed by atoms with Crippen LogP contribution in [-0.4, -0.2) is 42.5 Å². The lowest BCUT2D eigenvalue weighted by molar-refractivity contribution is -0.130. The first-order valence-corrected chi connectivity index (χ1v) is 10.4. The molecule has 0 saturated heterocycles. The molecule has 0 aliphatic heterocycles. The van der Waals surface area contributed by atoms with Gasteiger partial charge in [0.15, 0.2) is 6.61 Å². The monoisotopic (exact) mass is 432 g/mol. The molecule has 2 N–H and O–H groups in total. The van der Waals surface area contributed by atoms with Crippen LogP contribution in [0, 0.1) is 6.92 Å². The van der Waals surface area contributed by atoms with Gasteiger partial charge in [-0.2, -0.15) is 0 Å². The van der Waals surface area contributed by atoms with E-state index in [-0.39, 0.29) is 24.6 Å². The molecule has 166 valence electrons. The van der Waals surface area contributed by atoms with E-state index in [1.807, 2.05) is 25.1 Å². The van der Waals surface area contributed by atoms with Gasteiger partial charge in [-0.25, -0.2) is 4.79 Å². The van der Waals surface area contributed by atoms with Crippen molar-refractivity contribution in [3.05, 3.63) is 89.7 Å². The average Bonchev–Trinajstić information content (AvgIpc) is 2.79. The van der Waals surface area contributed by atoms with Crippen molar-refractivity contribution in [1.82, 2.24) is 15.2 Å². The minimum atomic E-state index is -0.353. The maximum Gasteiger partial charge on any atom is 0.319 e. The van der Waals surface area contributed by atoms with Crippen LogP contribution in [-0.2, 0) is 11.2 Å². The maximum atomic E-state index is 12.8. The minimum absolute atomic E-state index is 0.0685. The number of aryl methyl sites for hydroxylation is 1. The summed E-state index contributed by atoms with van der Waals surface area (Å²) in [5.74, 6) is 0.356. The van der Waals surface area contributed by atoms with E-state index in [2.05, 4.69) is 39.9 Å². The smallest absolute Gasteiger partial charge is 0.319 e. The number of nitrogens with zero attached hydrogens (tertiary/aromatic N) is 2. The molecule has 1 aromatic heterocycles. The third kappa shape index (κ3) is 6.84. The van der Waals surface area contributed by atoms with Gasteiger partial charge < -0.3 is 20.3 Å². The molecule has 7 heteroatoms. The van der Waals surface area contributed by atoms with Crippen molar-refractivity contribution in [1.29, 1.82) is 0 Å². The number of ether oxygens (including phenoxy) is 1. The molecule has 1 unspecified atom stereocenters. The number of hydrogen-bond donors (Lipinski definition) is 2. The van der Waals surface area contributed by atoms with Crippen LogP contribution in [0.3, 0.4) is 0 Å². The minimum Gasteiger partial charge on any atom is -0.484 e. The first-order valence-electron chi connectivity index (χ1n) is 10.4. The Labute approximate surface area is 188 Å². The molecule has 0 aliphatic rings. The molecule has 3 aromatic rings. The fourth-order valence-electron chi connectivity index (χ4n) is 3.03. The molecule has 3 rings (SSSR count). The van der Waals surface area contributed by atoms with Gasteiger partial charge in [0, 0.05) is 32.0 Å². The molecule has 2 aromatic carbocycles. The number of benzene rings is 2. The number of carbonyl (C=O) groups is 2. The van der Waals surface area contributed by atoms with E-state index in [4.69, 9.17) is 4.74 Å². The third-order valence-electron chi connectivity index (χ3n) is 4.86. The molecule has 1 atom stereocenters. The molecule has 0 spiro atoms. The predicted octanol–water partition coefficient (Wildman–Crippen LogP) is 3.96. The molecule has 0 saturated carbocycles. The van der Waals surface area contributed by atoms with Crippen molar-refractivity contribution >= 4 is 17.6 Å². The maximum absolute atomic E-state index is 12.8. The Morgan fingerprint density at radius 2 is 1.81 bits per heavy atom. The van der Waals surface area contributed by atoms with Crippen molar-refractivity contribution in [2.45, 2.75) is 19.4 Å². The molecule has 0 radical (unpaired) electrons. The van der Waals surface area contributed by atoms with E-state index in [1.54, 1.807) is 44.6 Å². The fourth-order valence-corrected chi connectivity index (χ4v) is 3.03. The Balaban J connectivity index is 1.66. The van der Waals surface area contributed by atoms with Gasteiger partial charge in [0.1, 0.15) is 5.75 Å². The highest BCUT2D eigenvalue weighted by Crippen LogP contribution is 2.20. The van der Waals surface area contributed by atoms with E-state index < -0.39 is 0 Å². The number of likely N-dealkylation sites (N-methyl/N-ethyl adjacent to an activating group) is 1. The van der Waals surface area contributed by atoms with Crippen molar-refractivity contribution in [3.63, 3.8) is 0 Å². The topological polar surface area (TPSA) is 83.6 Å². The lowest BCUT2D eigenvalue weighted by Crippen LogP contribution is -2.34. The van der Waals surface area contributed by atoms with E-state index in [0.29, 0.717) is 17.9 Å². The number of carbonyl (C=O) groups excluding carboxylic acids is 2. The summed E-state index contributed by atoms with van der Waals surface area (Å²) in [6.07, 6.45) is 2.33. The van der Waals surface area contributed by atoms with Crippen LogP contribution in [0.5, 0.6) is 5.75 Å². The lowest BCUT2D eigenvalue weighted by Gasteiger charge is -2.19. The number of urea groups is 1. The summed E-state index contributed by atoms with van der Waals surface area (Å²) in [6.45, 7) is 1.97. The summed E-state index contributed by atoms with van der Waals surface area (Å²) in [5, 5.41) is 5.85. The van der Waals surface area contributed by atoms with Gasteiger partial charge in [0.05, 0.1) is 11.7 Å². The molecule has 0 bridgehead atoms. The number of aromatic nitrogens is 1. The SMILES string of the molecule is Cc1ccc(CC(NC(=O)Nc2cccc(OCC(=O)N(C)C)c2)c2ccccn2)cc1. The number of rotatable bonds is 8. The average molecular weight is 433 g/mol. The molecular weight excluding hydrogens is 404 g/mol. The normalized spacial score (nSPS) is 11.3. The standard InChI is InChI=1S/C25H28N4O3/c1-18-10-12-19(13-11-18)15-23(22-9-4-5-14-26-22)28-25(31)27-20-7-6-8-21(16-20)32-17-24(30)29(2)3/h4-14,16,23H,15,17H2,1-3H3,(H2,27,28,31). The van der Waals surface area contributed by atoms with Gasteiger partial charge in [-0.05, 0) is 43.2 Å². The zero-order chi connectivity index (χ0) is 22.9. The summed E-state index contributed by atoms with van der Waals surface area (Å²) in [5.41, 5.74) is 3.63. The number of anilines is 1. The van der Waals surface area contributed by atoms with Crippen molar-refractivity contribution < 1.29 is 14.3 Å². The van der Waals surface area contributed by atoms with Crippen LogP contribution in [0.25, 0.3) is 0 Å². The number of pyridine rings is 1. The number of amides is 3. The third-order valence-corrected chi connectivity index (χ3v) is 4.86. The largest absolute Gasteiger partial charge is 0.484 e. The summed E-state index contributed by atoms with van der Waals surface area (Å²) >= 11 is 0. The van der Waals surface area contributed by atoms with E-state index in [1.165, 1.54) is 10.5 Å². The Hall–Kier alpha value is -3.87. The van der Waals surface area contributed by atoms with Gasteiger partial charge in [-0.15, -0.1) is 0 Å². The molecular formula is C25H28N4O3. The summed E-state index contributed by atoms with van der Waals surface area (Å²) in [7, 11) is 3.34. The molecule has 1 heterocycles. The first-order chi connectivity index (χ1) is 15.4. The predicted molar refractivity (Wildman–Crippen MR) is 125 cm³/mol. The Kier molecular flexibility index (Phi) is 7.80. The lowest BCUT2D eigenvalue weighted by atomic mass is 10.0. The van der Waals surface area contributed by atoms with Crippen molar-refractivity contribution in [2.24, 2.45) is 0 Å². The molecule has 3 amide bonds. The first kappa shape index (κ1) is 22.8. The van der Waals surface area contributed by atoms with Gasteiger partial charge in [-0.1, -0.05) is 42.0 Å². The van der Waals surface area contributed by atoms with Crippen LogP contribution < -0.4 is 15.4 Å². The number of hydrogen-bond acceptors (Lipinski definition) is 4. The van der Waals surface area contributed by atoms with Crippen molar-refractivity contribution in [2.75, 3.05) is 26.0 Å². The van der Waals surface area contributed by atoms with Gasteiger partial charge in [-0.3, -0.25) is 9.78 Å². The second kappa shape index (κ2) is 10.9. The van der Waals surface area contributed by atoms with Crippen LogP contribution in [0.4, 0.5) is 10.5 Å². The summed E-state index contributed by atoms with van der Waals surface area (Å²) < 4.78 is 5.52. The summed E-state index contributed by atoms with van der Waals surface area (Å²) in [4.78, 5) is 30.4. The Bertz CT molecular complexity index is 1040. The van der Waals surface area contributed by atoms with E-state index in [9.17, 15) is 9.59 Å². The molecule has 7 nitrogen and oxygen atoms in total. The van der Waals surface area contributed by atoms with Crippen LogP contribution in [0.2, 0.25) is 0 Å². The summed E-state index contributed by atoms with van der Waals surface area (Å²) in [6, 6.07) is 20.2. The highest BCUT2D eigenvalue weighted by atomic mass is 16.5. The van der Waals surface area contributed by atoms with Gasteiger partial charge in [0.25, 0.3) is 5.91 Å². The van der Waals surface area contributed by atoms with Crippen LogP contribution in [0.15, 0.2) is 72.9 Å². The fraction of sp³-hybridized carbons (Fsp3) is 0.240. The number of nitrogens with one attached hydrogen (secondary N) is 2. The van der Waals surface area contributed by atoms with Crippen LogP contribution >= 0.6 is 0 Å². The molecule has 32 heavy (non-hydrogen) atoms. The van der Waals surface area contributed by atoms with Gasteiger partial charge >= 0.3 is 6.03 Å². The van der Waals surface area contributed by atoms with E-state index >= 15 is 0 Å².